The van der Waals surface area contributed by atoms with Crippen molar-refractivity contribution in [1.29, 1.82) is 0 Å². The van der Waals surface area contributed by atoms with Crippen LogP contribution in [-0.4, -0.2) is 35.2 Å². The van der Waals surface area contributed by atoms with Gasteiger partial charge in [0.15, 0.2) is 6.07 Å². The van der Waals surface area contributed by atoms with Gasteiger partial charge in [-0.2, -0.15) is 0 Å². The van der Waals surface area contributed by atoms with E-state index in [4.69, 9.17) is 21.1 Å². The second-order valence-corrected chi connectivity index (χ2v) is 6.34. The maximum atomic E-state index is 11.8. The molecule has 0 aliphatic rings. The Morgan fingerprint density at radius 3 is 2.11 bits per heavy atom. The number of ether oxygens (including phenoxy) is 2. The van der Waals surface area contributed by atoms with Gasteiger partial charge in [0.2, 0.25) is 6.41 Å². The molecule has 0 spiro atoms. The van der Waals surface area contributed by atoms with Crippen molar-refractivity contribution in [3.05, 3.63) is 0 Å². The summed E-state index contributed by atoms with van der Waals surface area (Å²) in [5.74, 6) is -0.519. The van der Waals surface area contributed by atoms with Crippen LogP contribution >= 0.6 is 11.6 Å². The standard InChI is InChI=1S/C12H24ClNO4/c1-11(2,3)8(9(15)17-7-13)14-10(16)18-12(4,5)6/h8,10,14,16H,7H2,1-6H3/t8-,10?/m1/s1. The minimum Gasteiger partial charge on any atom is -0.448 e. The van der Waals surface area contributed by atoms with Crippen LogP contribution in [0.25, 0.3) is 0 Å². The number of rotatable bonds is 5. The average Bonchev–Trinajstić information content (AvgIpc) is 2.09. The van der Waals surface area contributed by atoms with Gasteiger partial charge in [-0.15, -0.1) is 0 Å². The molecule has 0 radical (unpaired) electrons. The molecule has 0 amide bonds. The van der Waals surface area contributed by atoms with Gasteiger partial charge >= 0.3 is 5.97 Å². The Balaban J connectivity index is 4.66. The number of carbonyl (C=O) groups is 1. The Hall–Kier alpha value is -0.360. The van der Waals surface area contributed by atoms with E-state index in [1.54, 1.807) is 20.8 Å². The van der Waals surface area contributed by atoms with Crippen molar-refractivity contribution in [3.8, 4) is 0 Å². The van der Waals surface area contributed by atoms with Crippen LogP contribution in [0.2, 0.25) is 0 Å². The molecule has 0 aliphatic carbocycles. The third-order valence-electron chi connectivity index (χ3n) is 2.07. The van der Waals surface area contributed by atoms with Crippen LogP contribution in [0.1, 0.15) is 41.5 Å². The second-order valence-electron chi connectivity index (χ2n) is 6.12. The van der Waals surface area contributed by atoms with Crippen molar-refractivity contribution < 1.29 is 19.4 Å². The number of alkyl halides is 1. The SMILES string of the molecule is CC(C)(C)OC(O)N[C@H](C(=O)OCCl)C(C)(C)C. The van der Waals surface area contributed by atoms with E-state index in [1.165, 1.54) is 0 Å². The number of aliphatic hydroxyl groups excluding tert-OH is 1. The van der Waals surface area contributed by atoms with Crippen LogP contribution in [0, 0.1) is 5.41 Å². The van der Waals surface area contributed by atoms with Crippen LogP contribution in [-0.2, 0) is 14.3 Å². The Morgan fingerprint density at radius 1 is 1.28 bits per heavy atom. The predicted molar refractivity (Wildman–Crippen MR) is 70.0 cm³/mol. The number of nitrogens with one attached hydrogen (secondary N) is 1. The van der Waals surface area contributed by atoms with E-state index in [9.17, 15) is 9.90 Å². The van der Waals surface area contributed by atoms with Crippen LogP contribution in [0.4, 0.5) is 0 Å². The minimum atomic E-state index is -1.25. The number of hydrogen-bond donors (Lipinski definition) is 2. The molecule has 0 bridgehead atoms. The lowest BCUT2D eigenvalue weighted by Gasteiger charge is -2.33. The molecular formula is C12H24ClNO4. The molecule has 0 aromatic heterocycles. The molecule has 2 atom stereocenters. The maximum absolute atomic E-state index is 11.8. The lowest BCUT2D eigenvalue weighted by molar-refractivity contribution is -0.194. The molecule has 18 heavy (non-hydrogen) atoms. The van der Waals surface area contributed by atoms with Gasteiger partial charge in [-0.3, -0.25) is 10.1 Å². The lowest BCUT2D eigenvalue weighted by atomic mass is 9.87. The fraction of sp³-hybridized carbons (Fsp3) is 0.917. The zero-order chi connectivity index (χ0) is 14.6. The highest BCUT2D eigenvalue weighted by Crippen LogP contribution is 2.21. The first-order valence-corrected chi connectivity index (χ1v) is 6.35. The molecule has 108 valence electrons. The number of hydrogen-bond acceptors (Lipinski definition) is 5. The van der Waals surface area contributed by atoms with Crippen molar-refractivity contribution in [2.75, 3.05) is 6.07 Å². The fourth-order valence-corrected chi connectivity index (χ4v) is 1.43. The van der Waals surface area contributed by atoms with Gasteiger partial charge in [-0.05, 0) is 26.2 Å². The summed E-state index contributed by atoms with van der Waals surface area (Å²) in [5, 5.41) is 12.5. The molecule has 0 saturated carbocycles. The summed E-state index contributed by atoms with van der Waals surface area (Å²) in [4.78, 5) is 11.8. The quantitative estimate of drug-likeness (QED) is 0.457. The van der Waals surface area contributed by atoms with Gasteiger partial charge in [0, 0.05) is 0 Å². The monoisotopic (exact) mass is 281 g/mol. The highest BCUT2D eigenvalue weighted by Gasteiger charge is 2.35. The Bertz CT molecular complexity index is 270. The Morgan fingerprint density at radius 2 is 1.78 bits per heavy atom. The van der Waals surface area contributed by atoms with Crippen LogP contribution in [0.3, 0.4) is 0 Å². The molecule has 0 saturated heterocycles. The smallest absolute Gasteiger partial charge is 0.325 e. The molecule has 6 heteroatoms. The molecule has 0 aromatic carbocycles. The van der Waals surface area contributed by atoms with E-state index < -0.39 is 29.4 Å². The topological polar surface area (TPSA) is 67.8 Å². The molecule has 2 N–H and O–H groups in total. The summed E-state index contributed by atoms with van der Waals surface area (Å²) >= 11 is 5.37. The minimum absolute atomic E-state index is 0.219. The second kappa shape index (κ2) is 6.70. The highest BCUT2D eigenvalue weighted by molar-refractivity contribution is 6.17. The molecule has 0 aliphatic heterocycles. The zero-order valence-corrected chi connectivity index (χ0v) is 12.7. The Kier molecular flexibility index (Phi) is 6.57. The van der Waals surface area contributed by atoms with Gasteiger partial charge in [0.25, 0.3) is 0 Å². The van der Waals surface area contributed by atoms with Crippen molar-refractivity contribution in [2.45, 2.75) is 59.6 Å². The first-order chi connectivity index (χ1) is 7.97. The van der Waals surface area contributed by atoms with E-state index in [0.717, 1.165) is 0 Å². The molecule has 0 rings (SSSR count). The van der Waals surface area contributed by atoms with Crippen molar-refractivity contribution in [3.63, 3.8) is 0 Å². The van der Waals surface area contributed by atoms with Crippen molar-refractivity contribution >= 4 is 17.6 Å². The number of halogens is 1. The summed E-state index contributed by atoms with van der Waals surface area (Å²) in [7, 11) is 0. The molecule has 1 unspecified atom stereocenters. The van der Waals surface area contributed by atoms with Gasteiger partial charge in [-0.25, -0.2) is 0 Å². The molecule has 0 heterocycles. The van der Waals surface area contributed by atoms with Crippen LogP contribution < -0.4 is 5.32 Å². The van der Waals surface area contributed by atoms with E-state index in [0.29, 0.717) is 0 Å². The van der Waals surface area contributed by atoms with Gasteiger partial charge in [0.05, 0.1) is 5.60 Å². The largest absolute Gasteiger partial charge is 0.448 e. The predicted octanol–water partition coefficient (Wildman–Crippen LogP) is 1.82. The molecule has 0 aromatic rings. The number of carbonyl (C=O) groups excluding carboxylic acids is 1. The third-order valence-corrected chi connectivity index (χ3v) is 2.18. The normalized spacial score (nSPS) is 16.2. The summed E-state index contributed by atoms with van der Waals surface area (Å²) in [6, 6.07) is -0.933. The van der Waals surface area contributed by atoms with E-state index in [1.807, 2.05) is 20.8 Å². The van der Waals surface area contributed by atoms with Crippen molar-refractivity contribution in [2.24, 2.45) is 5.41 Å². The summed E-state index contributed by atoms with van der Waals surface area (Å²) in [5.41, 5.74) is -0.962. The zero-order valence-electron chi connectivity index (χ0n) is 11.9. The number of aliphatic hydroxyl groups is 1. The van der Waals surface area contributed by atoms with Gasteiger partial charge in [0.1, 0.15) is 6.04 Å². The third kappa shape index (κ3) is 7.16. The summed E-state index contributed by atoms with van der Waals surface area (Å²) in [6.07, 6.45) is -1.25. The summed E-state index contributed by atoms with van der Waals surface area (Å²) < 4.78 is 10.1. The number of esters is 1. The fourth-order valence-electron chi connectivity index (χ4n) is 1.32. The van der Waals surface area contributed by atoms with Gasteiger partial charge < -0.3 is 14.6 Å². The maximum Gasteiger partial charge on any atom is 0.325 e. The summed E-state index contributed by atoms with van der Waals surface area (Å²) in [6.45, 7) is 11.0. The first-order valence-electron chi connectivity index (χ1n) is 5.82. The van der Waals surface area contributed by atoms with E-state index in [-0.39, 0.29) is 6.07 Å². The molecule has 5 nitrogen and oxygen atoms in total. The van der Waals surface area contributed by atoms with E-state index >= 15 is 0 Å². The Labute approximate surface area is 114 Å². The van der Waals surface area contributed by atoms with Crippen molar-refractivity contribution in [1.82, 2.24) is 5.32 Å². The molecular weight excluding hydrogens is 258 g/mol. The first kappa shape index (κ1) is 17.6. The van der Waals surface area contributed by atoms with Gasteiger partial charge in [-0.1, -0.05) is 32.4 Å². The lowest BCUT2D eigenvalue weighted by Crippen LogP contribution is -2.53. The average molecular weight is 282 g/mol. The van der Waals surface area contributed by atoms with Crippen LogP contribution in [0.15, 0.2) is 0 Å². The van der Waals surface area contributed by atoms with E-state index in [2.05, 4.69) is 5.32 Å². The molecule has 0 fully saturated rings. The van der Waals surface area contributed by atoms with Crippen LogP contribution in [0.5, 0.6) is 0 Å². The highest BCUT2D eigenvalue weighted by atomic mass is 35.5.